The van der Waals surface area contributed by atoms with Crippen LogP contribution in [-0.2, 0) is 19.6 Å². The second kappa shape index (κ2) is 4.49. The van der Waals surface area contributed by atoms with E-state index < -0.39 is 0 Å². The molecule has 0 saturated heterocycles. The van der Waals surface area contributed by atoms with Crippen LogP contribution in [0.2, 0.25) is 0 Å². The quantitative estimate of drug-likeness (QED) is 0.831. The highest BCUT2D eigenvalue weighted by Crippen LogP contribution is 2.07. The van der Waals surface area contributed by atoms with Gasteiger partial charge in [0.15, 0.2) is 0 Å². The lowest BCUT2D eigenvalue weighted by atomic mass is 10.3. The SMILES string of the molecule is CCn1nc(C)cc1Cn1cnc(CN)c1. The van der Waals surface area contributed by atoms with Crippen molar-refractivity contribution in [2.75, 3.05) is 0 Å². The first-order chi connectivity index (χ1) is 7.72. The number of hydrogen-bond acceptors (Lipinski definition) is 3. The van der Waals surface area contributed by atoms with Crippen molar-refractivity contribution in [2.45, 2.75) is 33.5 Å². The van der Waals surface area contributed by atoms with E-state index in [0.717, 1.165) is 24.5 Å². The topological polar surface area (TPSA) is 61.7 Å². The van der Waals surface area contributed by atoms with Gasteiger partial charge in [-0.2, -0.15) is 5.10 Å². The predicted octanol–water partition coefficient (Wildman–Crippen LogP) is 0.915. The van der Waals surface area contributed by atoms with Gasteiger partial charge in [-0.1, -0.05) is 0 Å². The van der Waals surface area contributed by atoms with Gasteiger partial charge in [-0.15, -0.1) is 0 Å². The Labute approximate surface area is 94.9 Å². The standard InChI is InChI=1S/C11H17N5/c1-3-16-11(4-9(2)14-16)7-15-6-10(5-12)13-8-15/h4,6,8H,3,5,7,12H2,1-2H3. The van der Waals surface area contributed by atoms with Gasteiger partial charge in [-0.25, -0.2) is 4.98 Å². The summed E-state index contributed by atoms with van der Waals surface area (Å²) in [7, 11) is 0. The summed E-state index contributed by atoms with van der Waals surface area (Å²) in [6.45, 7) is 6.27. The Balaban J connectivity index is 2.19. The molecule has 2 rings (SSSR count). The Hall–Kier alpha value is -1.62. The molecule has 2 aromatic heterocycles. The maximum absolute atomic E-state index is 5.52. The third-order valence-corrected chi connectivity index (χ3v) is 2.53. The van der Waals surface area contributed by atoms with E-state index in [-0.39, 0.29) is 0 Å². The van der Waals surface area contributed by atoms with Crippen LogP contribution in [0.1, 0.15) is 24.0 Å². The lowest BCUT2D eigenvalue weighted by Crippen LogP contribution is -2.06. The van der Waals surface area contributed by atoms with Crippen LogP contribution in [0, 0.1) is 6.92 Å². The van der Waals surface area contributed by atoms with Crippen LogP contribution < -0.4 is 5.73 Å². The lowest BCUT2D eigenvalue weighted by molar-refractivity contribution is 0.597. The highest BCUT2D eigenvalue weighted by atomic mass is 15.3. The van der Waals surface area contributed by atoms with Crippen LogP contribution >= 0.6 is 0 Å². The molecule has 0 unspecified atom stereocenters. The molecule has 16 heavy (non-hydrogen) atoms. The highest BCUT2D eigenvalue weighted by Gasteiger charge is 2.05. The predicted molar refractivity (Wildman–Crippen MR) is 61.9 cm³/mol. The molecule has 0 atom stereocenters. The van der Waals surface area contributed by atoms with E-state index in [1.165, 1.54) is 5.69 Å². The summed E-state index contributed by atoms with van der Waals surface area (Å²) in [5.74, 6) is 0. The van der Waals surface area contributed by atoms with E-state index >= 15 is 0 Å². The average molecular weight is 219 g/mol. The number of rotatable bonds is 4. The fourth-order valence-electron chi connectivity index (χ4n) is 1.79. The van der Waals surface area contributed by atoms with E-state index in [0.29, 0.717) is 6.54 Å². The molecular formula is C11H17N5. The highest BCUT2D eigenvalue weighted by molar-refractivity contribution is 5.10. The van der Waals surface area contributed by atoms with Gasteiger partial charge in [-0.3, -0.25) is 4.68 Å². The van der Waals surface area contributed by atoms with Crippen LogP contribution in [0.15, 0.2) is 18.6 Å². The summed E-state index contributed by atoms with van der Waals surface area (Å²) in [6.07, 6.45) is 3.78. The molecule has 0 aliphatic carbocycles. The molecule has 2 heterocycles. The Bertz CT molecular complexity index is 468. The van der Waals surface area contributed by atoms with Crippen molar-refractivity contribution in [2.24, 2.45) is 5.73 Å². The Morgan fingerprint density at radius 2 is 2.25 bits per heavy atom. The molecule has 0 aromatic carbocycles. The first-order valence-corrected chi connectivity index (χ1v) is 5.47. The molecule has 0 amide bonds. The maximum atomic E-state index is 5.52. The third-order valence-electron chi connectivity index (χ3n) is 2.53. The summed E-state index contributed by atoms with van der Waals surface area (Å²) in [6, 6.07) is 2.10. The zero-order chi connectivity index (χ0) is 11.5. The lowest BCUT2D eigenvalue weighted by Gasteiger charge is -2.04. The fourth-order valence-corrected chi connectivity index (χ4v) is 1.79. The molecular weight excluding hydrogens is 202 g/mol. The molecule has 5 heteroatoms. The van der Waals surface area contributed by atoms with Gasteiger partial charge in [0.05, 0.1) is 30.0 Å². The number of nitrogens with zero attached hydrogens (tertiary/aromatic N) is 4. The maximum Gasteiger partial charge on any atom is 0.0953 e. The van der Waals surface area contributed by atoms with E-state index in [1.807, 2.05) is 28.7 Å². The minimum Gasteiger partial charge on any atom is -0.331 e. The number of aryl methyl sites for hydroxylation is 2. The van der Waals surface area contributed by atoms with Crippen molar-refractivity contribution >= 4 is 0 Å². The van der Waals surface area contributed by atoms with Crippen LogP contribution in [-0.4, -0.2) is 19.3 Å². The summed E-state index contributed by atoms with van der Waals surface area (Å²) in [5, 5.41) is 4.41. The first kappa shape index (κ1) is 10.9. The minimum absolute atomic E-state index is 0.485. The fraction of sp³-hybridized carbons (Fsp3) is 0.455. The van der Waals surface area contributed by atoms with E-state index in [1.54, 1.807) is 0 Å². The van der Waals surface area contributed by atoms with E-state index in [4.69, 9.17) is 5.73 Å². The minimum atomic E-state index is 0.485. The number of nitrogens with two attached hydrogens (primary N) is 1. The molecule has 0 aliphatic heterocycles. The van der Waals surface area contributed by atoms with Crippen molar-refractivity contribution in [3.63, 3.8) is 0 Å². The molecule has 0 saturated carbocycles. The molecule has 0 bridgehead atoms. The normalized spacial score (nSPS) is 10.9. The summed E-state index contributed by atoms with van der Waals surface area (Å²) in [4.78, 5) is 4.20. The van der Waals surface area contributed by atoms with Gasteiger partial charge in [0.1, 0.15) is 0 Å². The van der Waals surface area contributed by atoms with E-state index in [2.05, 4.69) is 23.1 Å². The smallest absolute Gasteiger partial charge is 0.0953 e. The van der Waals surface area contributed by atoms with Gasteiger partial charge in [0, 0.05) is 19.3 Å². The van der Waals surface area contributed by atoms with Gasteiger partial charge >= 0.3 is 0 Å². The van der Waals surface area contributed by atoms with Crippen molar-refractivity contribution in [3.05, 3.63) is 35.7 Å². The van der Waals surface area contributed by atoms with E-state index in [9.17, 15) is 0 Å². The first-order valence-electron chi connectivity index (χ1n) is 5.47. The average Bonchev–Trinajstić information content (AvgIpc) is 2.85. The molecule has 2 N–H and O–H groups in total. The van der Waals surface area contributed by atoms with Gasteiger partial charge in [0.25, 0.3) is 0 Å². The second-order valence-electron chi connectivity index (χ2n) is 3.83. The largest absolute Gasteiger partial charge is 0.331 e. The van der Waals surface area contributed by atoms with Crippen LogP contribution in [0.5, 0.6) is 0 Å². The summed E-state index contributed by atoms with van der Waals surface area (Å²) < 4.78 is 4.04. The van der Waals surface area contributed by atoms with Crippen LogP contribution in [0.4, 0.5) is 0 Å². The Morgan fingerprint density at radius 1 is 1.44 bits per heavy atom. The van der Waals surface area contributed by atoms with Crippen LogP contribution in [0.25, 0.3) is 0 Å². The monoisotopic (exact) mass is 219 g/mol. The van der Waals surface area contributed by atoms with Gasteiger partial charge in [0.2, 0.25) is 0 Å². The van der Waals surface area contributed by atoms with Crippen molar-refractivity contribution in [1.82, 2.24) is 19.3 Å². The number of aromatic nitrogens is 4. The third kappa shape index (κ3) is 2.14. The van der Waals surface area contributed by atoms with Crippen molar-refractivity contribution in [3.8, 4) is 0 Å². The summed E-state index contributed by atoms with van der Waals surface area (Å²) in [5.41, 5.74) is 8.69. The molecule has 2 aromatic rings. The van der Waals surface area contributed by atoms with Crippen molar-refractivity contribution < 1.29 is 0 Å². The van der Waals surface area contributed by atoms with Crippen molar-refractivity contribution in [1.29, 1.82) is 0 Å². The number of hydrogen-bond donors (Lipinski definition) is 1. The zero-order valence-electron chi connectivity index (χ0n) is 9.72. The molecule has 0 radical (unpaired) electrons. The molecule has 0 aliphatic rings. The molecule has 0 spiro atoms. The van der Waals surface area contributed by atoms with Crippen LogP contribution in [0.3, 0.4) is 0 Å². The second-order valence-corrected chi connectivity index (χ2v) is 3.83. The number of imidazole rings is 1. The Morgan fingerprint density at radius 3 is 2.88 bits per heavy atom. The van der Waals surface area contributed by atoms with Gasteiger partial charge in [-0.05, 0) is 19.9 Å². The molecule has 5 nitrogen and oxygen atoms in total. The Kier molecular flexibility index (Phi) is 3.05. The zero-order valence-corrected chi connectivity index (χ0v) is 9.72. The molecule has 0 fully saturated rings. The molecule has 86 valence electrons. The van der Waals surface area contributed by atoms with Gasteiger partial charge < -0.3 is 10.3 Å². The summed E-state index contributed by atoms with van der Waals surface area (Å²) >= 11 is 0.